The molecule has 0 bridgehead atoms. The van der Waals surface area contributed by atoms with E-state index in [1.54, 1.807) is 24.3 Å². The minimum absolute atomic E-state index is 0.206. The summed E-state index contributed by atoms with van der Waals surface area (Å²) < 4.78 is 26.9. The van der Waals surface area contributed by atoms with Crippen LogP contribution in [0.4, 0.5) is 5.69 Å². The number of nitrogens with one attached hydrogen (secondary N) is 1. The molecule has 2 aromatic rings. The lowest BCUT2D eigenvalue weighted by Gasteiger charge is -2.33. The van der Waals surface area contributed by atoms with Gasteiger partial charge >= 0.3 is 0 Å². The van der Waals surface area contributed by atoms with Crippen LogP contribution in [-0.4, -0.2) is 50.5 Å². The van der Waals surface area contributed by atoms with E-state index in [0.717, 1.165) is 21.7 Å². The van der Waals surface area contributed by atoms with Crippen LogP contribution >= 0.6 is 15.9 Å². The number of likely N-dealkylation sites (N-methyl/N-ethyl adjacent to an activating group) is 1. The zero-order valence-corrected chi connectivity index (χ0v) is 21.2. The molecular weight excluding hydrogens is 494 g/mol. The van der Waals surface area contributed by atoms with E-state index in [1.807, 2.05) is 45.0 Å². The number of anilines is 1. The topological polar surface area (TPSA) is 86.8 Å². The Balaban J connectivity index is 2.45. The number of carbonyl (C=O) groups is 2. The number of nitrogens with zero attached hydrogens (tertiary/aromatic N) is 2. The van der Waals surface area contributed by atoms with Gasteiger partial charge in [0.15, 0.2) is 0 Å². The van der Waals surface area contributed by atoms with Gasteiger partial charge in [-0.25, -0.2) is 8.42 Å². The van der Waals surface area contributed by atoms with Crippen LogP contribution in [0, 0.1) is 6.92 Å². The van der Waals surface area contributed by atoms with Crippen molar-refractivity contribution < 1.29 is 18.0 Å². The van der Waals surface area contributed by atoms with Crippen LogP contribution in [0.25, 0.3) is 0 Å². The number of amides is 2. The van der Waals surface area contributed by atoms with Gasteiger partial charge in [-0.15, -0.1) is 0 Å². The summed E-state index contributed by atoms with van der Waals surface area (Å²) in [5.74, 6) is -0.706. The van der Waals surface area contributed by atoms with Gasteiger partial charge in [-0.3, -0.25) is 13.9 Å². The molecule has 2 amide bonds. The fourth-order valence-electron chi connectivity index (χ4n) is 3.43. The van der Waals surface area contributed by atoms with Crippen molar-refractivity contribution in [3.05, 3.63) is 64.1 Å². The number of aryl methyl sites for hydroxylation is 1. The molecule has 0 aliphatic heterocycles. The summed E-state index contributed by atoms with van der Waals surface area (Å²) in [7, 11) is -3.74. The maximum absolute atomic E-state index is 13.5. The van der Waals surface area contributed by atoms with Gasteiger partial charge in [-0.1, -0.05) is 53.2 Å². The first-order valence-electron chi connectivity index (χ1n) is 10.4. The molecule has 0 aliphatic carbocycles. The predicted octanol–water partition coefficient (Wildman–Crippen LogP) is 3.47. The fraction of sp³-hybridized carbons (Fsp3) is 0.391. The highest BCUT2D eigenvalue weighted by atomic mass is 79.9. The second-order valence-electron chi connectivity index (χ2n) is 7.52. The Morgan fingerprint density at radius 3 is 2.34 bits per heavy atom. The van der Waals surface area contributed by atoms with E-state index in [2.05, 4.69) is 21.2 Å². The van der Waals surface area contributed by atoms with Crippen LogP contribution in [0.2, 0.25) is 0 Å². The summed E-state index contributed by atoms with van der Waals surface area (Å²) in [5.41, 5.74) is 2.26. The number of carbonyl (C=O) groups excluding carboxylic acids is 2. The van der Waals surface area contributed by atoms with Crippen molar-refractivity contribution in [1.82, 2.24) is 10.2 Å². The maximum Gasteiger partial charge on any atom is 0.244 e. The average Bonchev–Trinajstić information content (AvgIpc) is 2.72. The van der Waals surface area contributed by atoms with Crippen molar-refractivity contribution in [3.63, 3.8) is 0 Å². The number of rotatable bonds is 10. The van der Waals surface area contributed by atoms with E-state index >= 15 is 0 Å². The first-order chi connectivity index (χ1) is 15.1. The fourth-order valence-corrected chi connectivity index (χ4v) is 4.66. The number of benzene rings is 2. The van der Waals surface area contributed by atoms with E-state index in [4.69, 9.17) is 0 Å². The Hall–Kier alpha value is -2.39. The molecule has 0 fully saturated rings. The van der Waals surface area contributed by atoms with Crippen molar-refractivity contribution >= 4 is 43.5 Å². The molecule has 0 radical (unpaired) electrons. The minimum atomic E-state index is -3.74. The zero-order valence-electron chi connectivity index (χ0n) is 18.8. The van der Waals surface area contributed by atoms with Crippen molar-refractivity contribution in [3.8, 4) is 0 Å². The molecule has 0 saturated heterocycles. The normalized spacial score (nSPS) is 12.2. The smallest absolute Gasteiger partial charge is 0.244 e. The first kappa shape index (κ1) is 25.9. The Labute approximate surface area is 199 Å². The van der Waals surface area contributed by atoms with Gasteiger partial charge in [-0.2, -0.15) is 0 Å². The van der Waals surface area contributed by atoms with Gasteiger partial charge in [0.1, 0.15) is 12.6 Å². The molecule has 0 unspecified atom stereocenters. The third kappa shape index (κ3) is 6.80. The van der Waals surface area contributed by atoms with E-state index in [9.17, 15) is 18.0 Å². The van der Waals surface area contributed by atoms with Gasteiger partial charge in [-0.05, 0) is 49.6 Å². The Kier molecular flexibility index (Phi) is 9.27. The van der Waals surface area contributed by atoms with Gasteiger partial charge in [0.2, 0.25) is 21.8 Å². The van der Waals surface area contributed by atoms with Crippen LogP contribution in [0.1, 0.15) is 31.4 Å². The van der Waals surface area contributed by atoms with Gasteiger partial charge < -0.3 is 10.2 Å². The molecule has 1 N–H and O–H groups in total. The summed E-state index contributed by atoms with van der Waals surface area (Å²) in [6.45, 7) is 5.83. The Bertz CT molecular complexity index is 1060. The van der Waals surface area contributed by atoms with E-state index in [-0.39, 0.29) is 12.5 Å². The number of halogens is 1. The first-order valence-corrected chi connectivity index (χ1v) is 13.1. The van der Waals surface area contributed by atoms with Crippen LogP contribution in [-0.2, 0) is 26.2 Å². The predicted molar refractivity (Wildman–Crippen MR) is 131 cm³/mol. The molecule has 2 rings (SSSR count). The zero-order chi connectivity index (χ0) is 23.9. The van der Waals surface area contributed by atoms with E-state index < -0.39 is 28.5 Å². The monoisotopic (exact) mass is 523 g/mol. The molecule has 0 spiro atoms. The van der Waals surface area contributed by atoms with Crippen LogP contribution in [0.5, 0.6) is 0 Å². The highest BCUT2D eigenvalue weighted by Gasteiger charge is 2.31. The van der Waals surface area contributed by atoms with Crippen LogP contribution in [0.15, 0.2) is 53.0 Å². The molecule has 0 aliphatic rings. The Morgan fingerprint density at radius 1 is 1.09 bits per heavy atom. The molecular formula is C23H30BrN3O4S. The molecule has 0 heterocycles. The molecule has 9 heteroatoms. The lowest BCUT2D eigenvalue weighted by atomic mass is 10.1. The Morgan fingerprint density at radius 2 is 1.78 bits per heavy atom. The van der Waals surface area contributed by atoms with Gasteiger partial charge in [0.25, 0.3) is 0 Å². The summed E-state index contributed by atoms with van der Waals surface area (Å²) in [5, 5.41) is 2.78. The summed E-state index contributed by atoms with van der Waals surface area (Å²) >= 11 is 3.35. The summed E-state index contributed by atoms with van der Waals surface area (Å²) in [6, 6.07) is 13.7. The van der Waals surface area contributed by atoms with Gasteiger partial charge in [0.05, 0.1) is 11.9 Å². The maximum atomic E-state index is 13.5. The quantitative estimate of drug-likeness (QED) is 0.516. The molecule has 32 heavy (non-hydrogen) atoms. The van der Waals surface area contributed by atoms with Crippen LogP contribution < -0.4 is 9.62 Å². The third-order valence-electron chi connectivity index (χ3n) is 5.11. The number of hydrogen-bond acceptors (Lipinski definition) is 4. The summed E-state index contributed by atoms with van der Waals surface area (Å²) in [4.78, 5) is 27.7. The standard InChI is InChI=1S/C23H30BrN3O4S/c1-5-21(23(29)25-6-2)26(15-18-11-8-7-10-17(18)3)22(28)16-27(32(4,30)31)20-13-9-12-19(24)14-20/h7-14,21H,5-6,15-16H2,1-4H3,(H,25,29)/t21-/m0/s1. The largest absolute Gasteiger partial charge is 0.355 e. The summed E-state index contributed by atoms with van der Waals surface area (Å²) in [6.07, 6.45) is 1.47. The van der Waals surface area contributed by atoms with Crippen molar-refractivity contribution in [1.29, 1.82) is 0 Å². The molecule has 2 aromatic carbocycles. The lowest BCUT2D eigenvalue weighted by Crippen LogP contribution is -2.52. The number of hydrogen-bond donors (Lipinski definition) is 1. The van der Waals surface area contributed by atoms with Gasteiger partial charge in [0, 0.05) is 17.6 Å². The van der Waals surface area contributed by atoms with Crippen molar-refractivity contribution in [2.75, 3.05) is 23.7 Å². The average molecular weight is 524 g/mol. The molecule has 0 saturated carbocycles. The molecule has 0 aromatic heterocycles. The molecule has 7 nitrogen and oxygen atoms in total. The molecule has 174 valence electrons. The molecule has 1 atom stereocenters. The van der Waals surface area contributed by atoms with Crippen molar-refractivity contribution in [2.45, 2.75) is 39.8 Å². The van der Waals surface area contributed by atoms with Crippen molar-refractivity contribution in [2.24, 2.45) is 0 Å². The third-order valence-corrected chi connectivity index (χ3v) is 6.75. The van der Waals surface area contributed by atoms with E-state index in [1.165, 1.54) is 4.90 Å². The number of sulfonamides is 1. The second-order valence-corrected chi connectivity index (χ2v) is 10.3. The van der Waals surface area contributed by atoms with Crippen LogP contribution in [0.3, 0.4) is 0 Å². The lowest BCUT2D eigenvalue weighted by molar-refractivity contribution is -0.140. The van der Waals surface area contributed by atoms with E-state index in [0.29, 0.717) is 23.1 Å². The highest BCUT2D eigenvalue weighted by Crippen LogP contribution is 2.23. The minimum Gasteiger partial charge on any atom is -0.355 e. The second kappa shape index (κ2) is 11.5. The highest BCUT2D eigenvalue weighted by molar-refractivity contribution is 9.10. The SMILES string of the molecule is CCNC(=O)[C@H](CC)N(Cc1ccccc1C)C(=O)CN(c1cccc(Br)c1)S(C)(=O)=O.